The van der Waals surface area contributed by atoms with Gasteiger partial charge in [-0.1, -0.05) is 182 Å². The van der Waals surface area contributed by atoms with Crippen LogP contribution in [0.4, 0.5) is 0 Å². The highest BCUT2D eigenvalue weighted by Gasteiger charge is 2.18. The van der Waals surface area contributed by atoms with Gasteiger partial charge >= 0.3 is 0 Å². The summed E-state index contributed by atoms with van der Waals surface area (Å²) in [5.41, 5.74) is 12.4. The number of fused-ring (bicyclic) bond motifs is 3. The first-order chi connectivity index (χ1) is 27.2. The van der Waals surface area contributed by atoms with Gasteiger partial charge in [0.1, 0.15) is 0 Å². The van der Waals surface area contributed by atoms with Crippen molar-refractivity contribution >= 4 is 31.5 Å². The molecule has 3 nitrogen and oxygen atoms in total. The van der Waals surface area contributed by atoms with Crippen molar-refractivity contribution in [2.24, 2.45) is 0 Å². The highest BCUT2D eigenvalue weighted by molar-refractivity contribution is 7.26. The van der Waals surface area contributed by atoms with Gasteiger partial charge in [0.25, 0.3) is 0 Å². The van der Waals surface area contributed by atoms with Gasteiger partial charge in [-0.25, -0.2) is 15.0 Å². The van der Waals surface area contributed by atoms with Gasteiger partial charge in [0.05, 0.1) is 0 Å². The second kappa shape index (κ2) is 14.1. The number of rotatable bonds is 7. The zero-order valence-electron chi connectivity index (χ0n) is 29.8. The van der Waals surface area contributed by atoms with Crippen molar-refractivity contribution in [3.05, 3.63) is 200 Å². The molecule has 0 aliphatic carbocycles. The Hall–Kier alpha value is -7.01. The second-order valence-electron chi connectivity index (χ2n) is 13.6. The van der Waals surface area contributed by atoms with Crippen LogP contribution in [0.3, 0.4) is 0 Å². The molecule has 0 saturated carbocycles. The number of thiophene rings is 1. The number of benzene rings is 8. The Morgan fingerprint density at radius 3 is 1.16 bits per heavy atom. The molecule has 0 aliphatic rings. The van der Waals surface area contributed by atoms with Crippen LogP contribution in [0, 0.1) is 0 Å². The molecular formula is C51H33N3S. The molecule has 0 spiro atoms. The summed E-state index contributed by atoms with van der Waals surface area (Å²) >= 11 is 1.80. The number of hydrogen-bond donors (Lipinski definition) is 0. The fourth-order valence-electron chi connectivity index (χ4n) is 7.32. The Kier molecular flexibility index (Phi) is 8.36. The minimum atomic E-state index is 0.649. The predicted molar refractivity (Wildman–Crippen MR) is 231 cm³/mol. The lowest BCUT2D eigenvalue weighted by atomic mass is 9.97. The lowest BCUT2D eigenvalue weighted by Crippen LogP contribution is -2.00. The largest absolute Gasteiger partial charge is 0.208 e. The van der Waals surface area contributed by atoms with Crippen molar-refractivity contribution in [1.29, 1.82) is 0 Å². The SMILES string of the molecule is c1ccc(-c2ccc(-c3ccc(-c4ccc5sc6cccc(-c7nc(-c8ccccc8)nc(-c8ccc(-c9ccccc9)cc8)n7)c6c5c4)cc3)cc2)cc1. The van der Waals surface area contributed by atoms with Crippen molar-refractivity contribution in [1.82, 2.24) is 15.0 Å². The van der Waals surface area contributed by atoms with Crippen LogP contribution in [-0.2, 0) is 0 Å². The topological polar surface area (TPSA) is 38.7 Å². The molecule has 0 fully saturated rings. The van der Waals surface area contributed by atoms with E-state index in [0.717, 1.165) is 27.6 Å². The standard InChI is InChI=1S/C51H33N3S/c1-4-11-34(12-5-1)36-19-21-38(22-20-36)39-23-25-40(26-24-39)43-31-32-46-45(33-43)48-44(17-10-18-47(48)55-46)51-53-49(41-15-8-3-9-16-41)52-50(54-51)42-29-27-37(28-30-42)35-13-6-2-7-14-35/h1-33H. The number of aromatic nitrogens is 3. The van der Waals surface area contributed by atoms with E-state index in [1.807, 2.05) is 24.3 Å². The third kappa shape index (κ3) is 6.39. The molecule has 55 heavy (non-hydrogen) atoms. The van der Waals surface area contributed by atoms with Crippen molar-refractivity contribution in [2.75, 3.05) is 0 Å². The maximum atomic E-state index is 5.16. The van der Waals surface area contributed by atoms with E-state index in [4.69, 9.17) is 15.0 Å². The van der Waals surface area contributed by atoms with Crippen molar-refractivity contribution in [3.63, 3.8) is 0 Å². The maximum Gasteiger partial charge on any atom is 0.164 e. The molecule has 0 radical (unpaired) electrons. The van der Waals surface area contributed by atoms with Crippen LogP contribution in [0.1, 0.15) is 0 Å². The van der Waals surface area contributed by atoms with Crippen LogP contribution < -0.4 is 0 Å². The summed E-state index contributed by atoms with van der Waals surface area (Å²) in [6.07, 6.45) is 0. The average Bonchev–Trinajstić information content (AvgIpc) is 3.66. The lowest BCUT2D eigenvalue weighted by molar-refractivity contribution is 1.08. The summed E-state index contributed by atoms with van der Waals surface area (Å²) in [6, 6.07) is 70.6. The lowest BCUT2D eigenvalue weighted by Gasteiger charge is -2.10. The summed E-state index contributed by atoms with van der Waals surface area (Å²) in [7, 11) is 0. The Morgan fingerprint density at radius 2 is 0.655 bits per heavy atom. The highest BCUT2D eigenvalue weighted by Crippen LogP contribution is 2.41. The van der Waals surface area contributed by atoms with E-state index in [9.17, 15) is 0 Å². The first kappa shape index (κ1) is 32.6. The molecule has 258 valence electrons. The van der Waals surface area contributed by atoms with Gasteiger partial charge in [-0.2, -0.15) is 0 Å². The zero-order valence-corrected chi connectivity index (χ0v) is 30.6. The van der Waals surface area contributed by atoms with Gasteiger partial charge in [0.2, 0.25) is 0 Å². The summed E-state index contributed by atoms with van der Waals surface area (Å²) in [4.78, 5) is 15.3. The van der Waals surface area contributed by atoms with Crippen LogP contribution in [-0.4, -0.2) is 15.0 Å². The molecule has 0 unspecified atom stereocenters. The van der Waals surface area contributed by atoms with Crippen molar-refractivity contribution in [3.8, 4) is 78.7 Å². The van der Waals surface area contributed by atoms with Gasteiger partial charge in [-0.3, -0.25) is 0 Å². The second-order valence-corrected chi connectivity index (χ2v) is 14.7. The average molecular weight is 720 g/mol. The third-order valence-electron chi connectivity index (χ3n) is 10.2. The molecular weight excluding hydrogens is 687 g/mol. The molecule has 0 bridgehead atoms. The highest BCUT2D eigenvalue weighted by atomic mass is 32.1. The summed E-state index contributed by atoms with van der Waals surface area (Å²) in [5.74, 6) is 1.96. The van der Waals surface area contributed by atoms with E-state index in [-0.39, 0.29) is 0 Å². The molecule has 0 saturated heterocycles. The quantitative estimate of drug-likeness (QED) is 0.165. The van der Waals surface area contributed by atoms with Gasteiger partial charge in [0, 0.05) is 36.9 Å². The summed E-state index contributed by atoms with van der Waals surface area (Å²) < 4.78 is 2.43. The summed E-state index contributed by atoms with van der Waals surface area (Å²) in [6.45, 7) is 0. The first-order valence-electron chi connectivity index (χ1n) is 18.4. The Morgan fingerprint density at radius 1 is 0.273 bits per heavy atom. The fraction of sp³-hybridized carbons (Fsp3) is 0. The molecule has 10 rings (SSSR count). The zero-order chi connectivity index (χ0) is 36.6. The van der Waals surface area contributed by atoms with E-state index in [1.165, 1.54) is 53.7 Å². The Labute approximate surface area is 323 Å². The molecule has 0 N–H and O–H groups in total. The molecule has 0 atom stereocenters. The van der Waals surface area contributed by atoms with Gasteiger partial charge < -0.3 is 0 Å². The van der Waals surface area contributed by atoms with Crippen LogP contribution in [0.2, 0.25) is 0 Å². The molecule has 0 amide bonds. The Balaban J connectivity index is 1.03. The fourth-order valence-corrected chi connectivity index (χ4v) is 8.43. The molecule has 2 aromatic heterocycles. The van der Waals surface area contributed by atoms with Crippen molar-refractivity contribution in [2.45, 2.75) is 0 Å². The first-order valence-corrected chi connectivity index (χ1v) is 19.2. The maximum absolute atomic E-state index is 5.16. The van der Waals surface area contributed by atoms with E-state index < -0.39 is 0 Å². The molecule has 10 aromatic rings. The number of hydrogen-bond acceptors (Lipinski definition) is 4. The van der Waals surface area contributed by atoms with Gasteiger partial charge in [0.15, 0.2) is 17.5 Å². The van der Waals surface area contributed by atoms with Crippen LogP contribution in [0.25, 0.3) is 98.8 Å². The van der Waals surface area contributed by atoms with Gasteiger partial charge in [-0.15, -0.1) is 11.3 Å². The normalized spacial score (nSPS) is 11.3. The van der Waals surface area contributed by atoms with Crippen LogP contribution in [0.5, 0.6) is 0 Å². The number of nitrogens with zero attached hydrogens (tertiary/aromatic N) is 3. The molecule has 2 heterocycles. The van der Waals surface area contributed by atoms with E-state index in [2.05, 4.69) is 176 Å². The molecule has 8 aromatic carbocycles. The van der Waals surface area contributed by atoms with Crippen LogP contribution in [0.15, 0.2) is 200 Å². The minimum Gasteiger partial charge on any atom is -0.208 e. The van der Waals surface area contributed by atoms with E-state index in [1.54, 1.807) is 11.3 Å². The van der Waals surface area contributed by atoms with Gasteiger partial charge in [-0.05, 0) is 62.7 Å². The van der Waals surface area contributed by atoms with E-state index >= 15 is 0 Å². The van der Waals surface area contributed by atoms with E-state index in [0.29, 0.717) is 17.5 Å². The predicted octanol–water partition coefficient (Wildman–Crippen LogP) is 13.9. The van der Waals surface area contributed by atoms with Crippen LogP contribution >= 0.6 is 11.3 Å². The smallest absolute Gasteiger partial charge is 0.164 e. The van der Waals surface area contributed by atoms with Crippen molar-refractivity contribution < 1.29 is 0 Å². The monoisotopic (exact) mass is 719 g/mol. The molecule has 4 heteroatoms. The third-order valence-corrected chi connectivity index (χ3v) is 11.3. The Bertz CT molecular complexity index is 2920. The molecule has 0 aliphatic heterocycles. The minimum absolute atomic E-state index is 0.649. The summed E-state index contributed by atoms with van der Waals surface area (Å²) in [5, 5.41) is 2.36.